The average molecular weight is 275 g/mol. The number of fused-ring (bicyclic) bond motifs is 1. The zero-order valence-electron chi connectivity index (χ0n) is 11.8. The average Bonchev–Trinajstić information content (AvgIpc) is 2.36. The highest BCUT2D eigenvalue weighted by Crippen LogP contribution is 2.09. The van der Waals surface area contributed by atoms with Crippen molar-refractivity contribution >= 4 is 18.8 Å². The number of nitrogens with zero attached hydrogens (tertiary/aromatic N) is 1. The van der Waals surface area contributed by atoms with Gasteiger partial charge in [-0.25, -0.2) is 0 Å². The third kappa shape index (κ3) is 3.78. The largest absolute Gasteiger partial charge is 0.361 e. The van der Waals surface area contributed by atoms with Gasteiger partial charge in [0.2, 0.25) is 0 Å². The summed E-state index contributed by atoms with van der Waals surface area (Å²) < 4.78 is 7.25. The standard InChI is InChI=1S/C15H21NO2Si/c1-19(2,3)11-10-18-12-16-9-8-13-6-4-5-7-14(13)15(16)17/h4-9H,10-12H2,1-3H3. The Hall–Kier alpha value is -1.39. The zero-order valence-corrected chi connectivity index (χ0v) is 12.8. The van der Waals surface area contributed by atoms with E-state index in [2.05, 4.69) is 19.6 Å². The van der Waals surface area contributed by atoms with Crippen molar-refractivity contribution in [1.29, 1.82) is 0 Å². The molecule has 1 aromatic carbocycles. The van der Waals surface area contributed by atoms with Crippen molar-refractivity contribution in [3.63, 3.8) is 0 Å². The van der Waals surface area contributed by atoms with Crippen molar-refractivity contribution in [3.05, 3.63) is 46.9 Å². The molecule has 0 bridgehead atoms. The van der Waals surface area contributed by atoms with E-state index in [1.807, 2.05) is 30.3 Å². The lowest BCUT2D eigenvalue weighted by molar-refractivity contribution is 0.0851. The summed E-state index contributed by atoms with van der Waals surface area (Å²) in [7, 11) is -1.07. The number of pyridine rings is 1. The minimum Gasteiger partial charge on any atom is -0.361 e. The summed E-state index contributed by atoms with van der Waals surface area (Å²) in [4.78, 5) is 12.2. The van der Waals surface area contributed by atoms with Crippen molar-refractivity contribution in [2.45, 2.75) is 32.4 Å². The van der Waals surface area contributed by atoms with E-state index in [4.69, 9.17) is 4.74 Å². The Morgan fingerprint density at radius 3 is 2.63 bits per heavy atom. The Labute approximate surface area is 114 Å². The normalized spacial score (nSPS) is 11.9. The molecule has 0 amide bonds. The van der Waals surface area contributed by atoms with Crippen molar-refractivity contribution < 1.29 is 4.74 Å². The fourth-order valence-corrected chi connectivity index (χ4v) is 2.63. The molecule has 0 unspecified atom stereocenters. The van der Waals surface area contributed by atoms with Gasteiger partial charge in [0.05, 0.1) is 0 Å². The van der Waals surface area contributed by atoms with Gasteiger partial charge in [0.25, 0.3) is 5.56 Å². The van der Waals surface area contributed by atoms with Gasteiger partial charge in [0.1, 0.15) is 6.73 Å². The maximum Gasteiger partial charge on any atom is 0.260 e. The molecule has 1 aromatic heterocycles. The lowest BCUT2D eigenvalue weighted by Crippen LogP contribution is -2.24. The molecule has 0 atom stereocenters. The molecule has 0 aliphatic carbocycles. The first-order valence-electron chi connectivity index (χ1n) is 6.63. The van der Waals surface area contributed by atoms with E-state index in [9.17, 15) is 4.79 Å². The lowest BCUT2D eigenvalue weighted by Gasteiger charge is -2.15. The lowest BCUT2D eigenvalue weighted by atomic mass is 10.2. The van der Waals surface area contributed by atoms with E-state index < -0.39 is 8.07 Å². The summed E-state index contributed by atoms with van der Waals surface area (Å²) >= 11 is 0. The van der Waals surface area contributed by atoms with E-state index >= 15 is 0 Å². The molecule has 1 heterocycles. The van der Waals surface area contributed by atoms with Gasteiger partial charge in [-0.05, 0) is 23.6 Å². The Morgan fingerprint density at radius 1 is 1.16 bits per heavy atom. The second-order valence-electron chi connectivity index (χ2n) is 6.03. The number of benzene rings is 1. The van der Waals surface area contributed by atoms with Crippen molar-refractivity contribution in [2.24, 2.45) is 0 Å². The fraction of sp³-hybridized carbons (Fsp3) is 0.400. The van der Waals surface area contributed by atoms with Crippen LogP contribution in [0.15, 0.2) is 41.3 Å². The smallest absolute Gasteiger partial charge is 0.260 e. The number of hydrogen-bond donors (Lipinski definition) is 0. The molecule has 2 rings (SSSR count). The maximum atomic E-state index is 12.2. The van der Waals surface area contributed by atoms with Crippen LogP contribution in [0.3, 0.4) is 0 Å². The molecular formula is C15H21NO2Si. The Bertz CT molecular complexity index is 613. The molecule has 2 aromatic rings. The summed E-state index contributed by atoms with van der Waals surface area (Å²) in [6.45, 7) is 8.03. The monoisotopic (exact) mass is 275 g/mol. The van der Waals surface area contributed by atoms with Gasteiger partial charge in [0.15, 0.2) is 0 Å². The highest BCUT2D eigenvalue weighted by atomic mass is 28.3. The third-order valence-electron chi connectivity index (χ3n) is 3.11. The van der Waals surface area contributed by atoms with Crippen LogP contribution in [0.1, 0.15) is 0 Å². The topological polar surface area (TPSA) is 31.2 Å². The Morgan fingerprint density at radius 2 is 1.89 bits per heavy atom. The van der Waals surface area contributed by atoms with E-state index in [1.54, 1.807) is 10.8 Å². The first-order valence-corrected chi connectivity index (χ1v) is 10.3. The Kier molecular flexibility index (Phi) is 4.22. The molecule has 102 valence electrons. The quantitative estimate of drug-likeness (QED) is 0.619. The van der Waals surface area contributed by atoms with Crippen LogP contribution in [0, 0.1) is 0 Å². The molecule has 0 radical (unpaired) electrons. The second kappa shape index (κ2) is 5.71. The maximum absolute atomic E-state index is 12.2. The van der Waals surface area contributed by atoms with Crippen LogP contribution < -0.4 is 5.56 Å². The van der Waals surface area contributed by atoms with Gasteiger partial charge in [-0.2, -0.15) is 0 Å². The van der Waals surface area contributed by atoms with Crippen molar-refractivity contribution in [3.8, 4) is 0 Å². The van der Waals surface area contributed by atoms with Crippen LogP contribution in [0.5, 0.6) is 0 Å². The number of aromatic nitrogens is 1. The van der Waals surface area contributed by atoms with Gasteiger partial charge in [0, 0.05) is 26.3 Å². The second-order valence-corrected chi connectivity index (χ2v) is 11.6. The molecular weight excluding hydrogens is 254 g/mol. The zero-order chi connectivity index (χ0) is 13.9. The minimum atomic E-state index is -1.07. The summed E-state index contributed by atoms with van der Waals surface area (Å²) in [6.07, 6.45) is 1.80. The van der Waals surface area contributed by atoms with Crippen LogP contribution in [-0.4, -0.2) is 19.2 Å². The molecule has 0 aliphatic heterocycles. The van der Waals surface area contributed by atoms with Crippen LogP contribution in [-0.2, 0) is 11.5 Å². The number of rotatable bonds is 5. The highest BCUT2D eigenvalue weighted by Gasteiger charge is 2.12. The van der Waals surface area contributed by atoms with Crippen LogP contribution in [0.25, 0.3) is 10.8 Å². The fourth-order valence-electron chi connectivity index (χ4n) is 1.87. The van der Waals surface area contributed by atoms with Crippen molar-refractivity contribution in [2.75, 3.05) is 6.61 Å². The number of hydrogen-bond acceptors (Lipinski definition) is 2. The van der Waals surface area contributed by atoms with Gasteiger partial charge >= 0.3 is 0 Å². The van der Waals surface area contributed by atoms with Crippen LogP contribution in [0.4, 0.5) is 0 Å². The summed E-state index contributed by atoms with van der Waals surface area (Å²) in [5, 5.41) is 1.73. The summed E-state index contributed by atoms with van der Waals surface area (Å²) in [5.74, 6) is 0. The summed E-state index contributed by atoms with van der Waals surface area (Å²) in [6, 6.07) is 10.7. The number of ether oxygens (including phenoxy) is 1. The third-order valence-corrected chi connectivity index (χ3v) is 4.82. The molecule has 4 heteroatoms. The first kappa shape index (κ1) is 14.0. The van der Waals surface area contributed by atoms with Crippen LogP contribution >= 0.6 is 0 Å². The Balaban J connectivity index is 2.06. The molecule has 0 fully saturated rings. The highest BCUT2D eigenvalue weighted by molar-refractivity contribution is 6.76. The predicted octanol–water partition coefficient (Wildman–Crippen LogP) is 3.31. The van der Waals surface area contributed by atoms with Crippen molar-refractivity contribution in [1.82, 2.24) is 4.57 Å². The van der Waals surface area contributed by atoms with Gasteiger partial charge in [-0.1, -0.05) is 37.8 Å². The SMILES string of the molecule is C[Si](C)(C)CCOCn1ccc2ccccc2c1=O. The van der Waals surface area contributed by atoms with Crippen LogP contribution in [0.2, 0.25) is 25.7 Å². The first-order chi connectivity index (χ1) is 8.97. The summed E-state index contributed by atoms with van der Waals surface area (Å²) in [5.41, 5.74) is 0.0195. The minimum absolute atomic E-state index is 0.0195. The molecule has 0 saturated heterocycles. The molecule has 3 nitrogen and oxygen atoms in total. The van der Waals surface area contributed by atoms with E-state index in [1.165, 1.54) is 0 Å². The molecule has 19 heavy (non-hydrogen) atoms. The molecule has 0 N–H and O–H groups in total. The molecule has 0 spiro atoms. The van der Waals surface area contributed by atoms with Gasteiger partial charge < -0.3 is 4.74 Å². The van der Waals surface area contributed by atoms with Gasteiger partial charge in [-0.15, -0.1) is 0 Å². The predicted molar refractivity (Wildman–Crippen MR) is 82.3 cm³/mol. The van der Waals surface area contributed by atoms with Gasteiger partial charge in [-0.3, -0.25) is 9.36 Å². The van der Waals surface area contributed by atoms with E-state index in [-0.39, 0.29) is 5.56 Å². The van der Waals surface area contributed by atoms with E-state index in [0.29, 0.717) is 6.73 Å². The molecule has 0 aliphatic rings. The van der Waals surface area contributed by atoms with E-state index in [0.717, 1.165) is 23.4 Å². The molecule has 0 saturated carbocycles.